The minimum atomic E-state index is -0.855. The number of halogens is 2. The van der Waals surface area contributed by atoms with Crippen molar-refractivity contribution < 1.29 is 13.5 Å². The third kappa shape index (κ3) is 4.65. The monoisotopic (exact) mass is 316 g/mol. The van der Waals surface area contributed by atoms with E-state index in [-0.39, 0.29) is 11.1 Å². The van der Waals surface area contributed by atoms with Crippen molar-refractivity contribution in [2.75, 3.05) is 7.11 Å². The second-order valence-electron chi connectivity index (χ2n) is 5.51. The molecule has 0 aromatic heterocycles. The van der Waals surface area contributed by atoms with E-state index in [0.717, 1.165) is 18.4 Å². The minimum Gasteiger partial charge on any atom is -0.497 e. The van der Waals surface area contributed by atoms with E-state index in [1.165, 1.54) is 32.1 Å². The van der Waals surface area contributed by atoms with Crippen molar-refractivity contribution in [2.45, 2.75) is 32.6 Å². The summed E-state index contributed by atoms with van der Waals surface area (Å²) in [6.45, 7) is 2.16. The minimum absolute atomic E-state index is 0.204. The van der Waals surface area contributed by atoms with E-state index in [0.29, 0.717) is 5.75 Å². The summed E-state index contributed by atoms with van der Waals surface area (Å²) in [7, 11) is 1.53. The van der Waals surface area contributed by atoms with Crippen LogP contribution in [0.4, 0.5) is 8.78 Å². The SMILES string of the molecule is CCCCCc1ccc(/C(F)=C(\F)c2ccc(OC)cc2)cc1. The van der Waals surface area contributed by atoms with Crippen LogP contribution >= 0.6 is 0 Å². The summed E-state index contributed by atoms with van der Waals surface area (Å²) in [5.74, 6) is -1.08. The fourth-order valence-corrected chi connectivity index (χ4v) is 2.39. The van der Waals surface area contributed by atoms with E-state index in [1.807, 2.05) is 12.1 Å². The molecule has 3 heteroatoms. The maximum atomic E-state index is 14.3. The van der Waals surface area contributed by atoms with Crippen LogP contribution < -0.4 is 4.74 Å². The van der Waals surface area contributed by atoms with E-state index in [4.69, 9.17) is 4.74 Å². The van der Waals surface area contributed by atoms with Crippen molar-refractivity contribution in [3.05, 3.63) is 65.2 Å². The largest absolute Gasteiger partial charge is 0.497 e. The first-order chi connectivity index (χ1) is 11.2. The van der Waals surface area contributed by atoms with Crippen LogP contribution in [0, 0.1) is 0 Å². The molecule has 0 heterocycles. The third-order valence-corrected chi connectivity index (χ3v) is 3.81. The molecule has 0 bridgehead atoms. The summed E-state index contributed by atoms with van der Waals surface area (Å²) in [6, 6.07) is 13.2. The lowest BCUT2D eigenvalue weighted by atomic mass is 10.0. The van der Waals surface area contributed by atoms with Gasteiger partial charge in [0.2, 0.25) is 0 Å². The Morgan fingerprint density at radius 3 is 1.83 bits per heavy atom. The number of methoxy groups -OCH3 is 1. The Kier molecular flexibility index (Phi) is 6.33. The summed E-state index contributed by atoms with van der Waals surface area (Å²) < 4.78 is 33.6. The van der Waals surface area contributed by atoms with E-state index in [2.05, 4.69) is 6.92 Å². The lowest BCUT2D eigenvalue weighted by Gasteiger charge is -2.05. The first-order valence-corrected chi connectivity index (χ1v) is 7.94. The topological polar surface area (TPSA) is 9.23 Å². The van der Waals surface area contributed by atoms with Gasteiger partial charge in [-0.25, -0.2) is 8.78 Å². The van der Waals surface area contributed by atoms with Gasteiger partial charge in [-0.1, -0.05) is 44.0 Å². The van der Waals surface area contributed by atoms with Crippen molar-refractivity contribution in [1.82, 2.24) is 0 Å². The predicted molar refractivity (Wildman–Crippen MR) is 91.7 cm³/mol. The van der Waals surface area contributed by atoms with Gasteiger partial charge in [0.25, 0.3) is 0 Å². The van der Waals surface area contributed by atoms with Crippen molar-refractivity contribution in [2.24, 2.45) is 0 Å². The molecule has 2 aromatic rings. The van der Waals surface area contributed by atoms with Gasteiger partial charge in [-0.2, -0.15) is 0 Å². The Bertz CT molecular complexity index is 642. The Labute approximate surface area is 136 Å². The first kappa shape index (κ1) is 17.2. The van der Waals surface area contributed by atoms with E-state index in [1.54, 1.807) is 24.3 Å². The zero-order valence-corrected chi connectivity index (χ0v) is 13.6. The van der Waals surface area contributed by atoms with Crippen LogP contribution in [0.5, 0.6) is 5.75 Å². The second kappa shape index (κ2) is 8.47. The van der Waals surface area contributed by atoms with E-state index < -0.39 is 11.7 Å². The third-order valence-electron chi connectivity index (χ3n) is 3.81. The maximum Gasteiger partial charge on any atom is 0.166 e. The normalized spacial score (nSPS) is 12.0. The Morgan fingerprint density at radius 1 is 0.826 bits per heavy atom. The fourth-order valence-electron chi connectivity index (χ4n) is 2.39. The number of benzene rings is 2. The summed E-state index contributed by atoms with van der Waals surface area (Å²) >= 11 is 0. The van der Waals surface area contributed by atoms with Gasteiger partial charge in [0.15, 0.2) is 11.7 Å². The van der Waals surface area contributed by atoms with E-state index >= 15 is 0 Å². The summed E-state index contributed by atoms with van der Waals surface area (Å²) in [6.07, 6.45) is 4.44. The molecule has 23 heavy (non-hydrogen) atoms. The van der Waals surface area contributed by atoms with Gasteiger partial charge in [0, 0.05) is 11.1 Å². The molecular weight excluding hydrogens is 294 g/mol. The molecule has 0 saturated carbocycles. The molecular formula is C20H22F2O. The van der Waals surface area contributed by atoms with Crippen LogP contribution in [0.15, 0.2) is 48.5 Å². The lowest BCUT2D eigenvalue weighted by molar-refractivity contribution is 0.414. The Hall–Kier alpha value is -2.16. The number of ether oxygens (including phenoxy) is 1. The molecule has 0 atom stereocenters. The van der Waals surface area contributed by atoms with Crippen LogP contribution in [0.1, 0.15) is 42.9 Å². The molecule has 0 fully saturated rings. The van der Waals surface area contributed by atoms with Crippen LogP contribution in [-0.4, -0.2) is 7.11 Å². The molecule has 0 spiro atoms. The molecule has 1 nitrogen and oxygen atoms in total. The number of unbranched alkanes of at least 4 members (excludes halogenated alkanes) is 2. The van der Waals surface area contributed by atoms with Gasteiger partial charge in [0.05, 0.1) is 7.11 Å². The molecule has 0 saturated heterocycles. The highest BCUT2D eigenvalue weighted by molar-refractivity contribution is 5.83. The second-order valence-corrected chi connectivity index (χ2v) is 5.51. The standard InChI is InChI=1S/C20H22F2O/c1-3-4-5-6-15-7-9-16(10-8-15)19(21)20(22)17-11-13-18(23-2)14-12-17/h7-14H,3-6H2,1-2H3/b20-19+. The fraction of sp³-hybridized carbons (Fsp3) is 0.300. The number of aryl methyl sites for hydroxylation is 1. The number of hydrogen-bond donors (Lipinski definition) is 0. The average molecular weight is 316 g/mol. The first-order valence-electron chi connectivity index (χ1n) is 7.94. The smallest absolute Gasteiger partial charge is 0.166 e. The molecule has 0 aliphatic heterocycles. The van der Waals surface area contributed by atoms with Crippen LogP contribution in [0.25, 0.3) is 11.7 Å². The van der Waals surface area contributed by atoms with Crippen LogP contribution in [-0.2, 0) is 6.42 Å². The molecule has 2 rings (SSSR count). The summed E-state index contributed by atoms with van der Waals surface area (Å²) in [4.78, 5) is 0. The number of rotatable bonds is 7. The lowest BCUT2D eigenvalue weighted by Crippen LogP contribution is -1.88. The Morgan fingerprint density at radius 2 is 1.35 bits per heavy atom. The molecule has 122 valence electrons. The van der Waals surface area contributed by atoms with Crippen LogP contribution in [0.3, 0.4) is 0 Å². The van der Waals surface area contributed by atoms with Crippen molar-refractivity contribution in [3.63, 3.8) is 0 Å². The van der Waals surface area contributed by atoms with Crippen molar-refractivity contribution in [1.29, 1.82) is 0 Å². The zero-order valence-electron chi connectivity index (χ0n) is 13.6. The highest BCUT2D eigenvalue weighted by Gasteiger charge is 2.11. The predicted octanol–water partition coefficient (Wildman–Crippen LogP) is 6.19. The van der Waals surface area contributed by atoms with Gasteiger partial charge >= 0.3 is 0 Å². The summed E-state index contributed by atoms with van der Waals surface area (Å²) in [5.41, 5.74) is 1.62. The zero-order chi connectivity index (χ0) is 16.7. The van der Waals surface area contributed by atoms with Gasteiger partial charge < -0.3 is 4.74 Å². The molecule has 0 aliphatic rings. The highest BCUT2D eigenvalue weighted by atomic mass is 19.2. The van der Waals surface area contributed by atoms with Gasteiger partial charge in [-0.3, -0.25) is 0 Å². The molecule has 2 aromatic carbocycles. The maximum absolute atomic E-state index is 14.3. The quantitative estimate of drug-likeness (QED) is 0.437. The average Bonchev–Trinajstić information content (AvgIpc) is 2.61. The molecule has 0 amide bonds. The molecule has 0 unspecified atom stereocenters. The highest BCUT2D eigenvalue weighted by Crippen LogP contribution is 2.29. The number of hydrogen-bond acceptors (Lipinski definition) is 1. The molecule has 0 N–H and O–H groups in total. The summed E-state index contributed by atoms with van der Waals surface area (Å²) in [5, 5.41) is 0. The van der Waals surface area contributed by atoms with Crippen molar-refractivity contribution >= 4 is 11.7 Å². The van der Waals surface area contributed by atoms with Gasteiger partial charge in [-0.15, -0.1) is 0 Å². The van der Waals surface area contributed by atoms with Crippen molar-refractivity contribution in [3.8, 4) is 5.75 Å². The van der Waals surface area contributed by atoms with Gasteiger partial charge in [0.1, 0.15) is 5.75 Å². The molecule has 0 radical (unpaired) electrons. The van der Waals surface area contributed by atoms with E-state index in [9.17, 15) is 8.78 Å². The van der Waals surface area contributed by atoms with Gasteiger partial charge in [-0.05, 0) is 42.7 Å². The Balaban J connectivity index is 2.15. The van der Waals surface area contributed by atoms with Crippen LogP contribution in [0.2, 0.25) is 0 Å². The molecule has 0 aliphatic carbocycles.